The molecule has 56 heavy (non-hydrogen) atoms. The zero-order valence-electron chi connectivity index (χ0n) is 31.0. The first-order valence-electron chi connectivity index (χ1n) is 17.6. The van der Waals surface area contributed by atoms with Gasteiger partial charge in [-0.3, -0.25) is 14.6 Å². The van der Waals surface area contributed by atoms with E-state index in [0.29, 0.717) is 70.2 Å². The number of likely N-dealkylation sites (N-methyl/N-ethyl adjacent to an activating group) is 3. The van der Waals surface area contributed by atoms with Crippen LogP contribution in [-0.4, -0.2) is 101 Å². The molecule has 2 heterocycles. The molecular weight excluding hydrogens is 758 g/mol. The number of nitrogens with zero attached hydrogens (tertiary/aromatic N) is 6. The zero-order chi connectivity index (χ0) is 41.2. The van der Waals surface area contributed by atoms with Crippen molar-refractivity contribution in [2.24, 2.45) is 0 Å². The number of aliphatic hydroxyl groups excluding tert-OH is 1. The molecule has 19 heteroatoms. The number of amides is 2. The molecule has 0 unspecified atom stereocenters. The average Bonchev–Trinajstić information content (AvgIpc) is 3.65. The predicted molar refractivity (Wildman–Crippen MR) is 189 cm³/mol. The maximum absolute atomic E-state index is 15.9. The van der Waals surface area contributed by atoms with Crippen molar-refractivity contribution in [3.8, 4) is 11.3 Å². The summed E-state index contributed by atoms with van der Waals surface area (Å²) in [5, 5.41) is 16.2. The van der Waals surface area contributed by atoms with Crippen LogP contribution in [0, 0.1) is 11.6 Å². The summed E-state index contributed by atoms with van der Waals surface area (Å²) in [5.74, 6) is -5.50. The Bertz CT molecular complexity index is 1970. The molecule has 5 rings (SSSR count). The number of aromatic nitrogens is 2. The Hall–Kier alpha value is -4.88. The number of benzene rings is 2. The molecular formula is C37H41F8N7O4. The number of alkyl halides is 6. The molecule has 0 saturated heterocycles. The van der Waals surface area contributed by atoms with Crippen LogP contribution in [0.3, 0.4) is 0 Å². The third-order valence-electron chi connectivity index (χ3n) is 10.2. The largest absolute Gasteiger partial charge is 0.509 e. The Labute approximate surface area is 317 Å². The lowest BCUT2D eigenvalue weighted by atomic mass is 9.88. The van der Waals surface area contributed by atoms with E-state index in [-0.39, 0.29) is 24.1 Å². The minimum atomic E-state index is -4.99. The topological polar surface area (TPSA) is 114 Å². The molecule has 1 fully saturated rings. The van der Waals surface area contributed by atoms with E-state index in [0.717, 1.165) is 11.1 Å². The standard InChI is InChI=1S/C37H41F8N7O4/c1-5-51(15-14-49(2)16-17-56-4)27-11-8-22(30(38)31(27)39)20-52-34(55)29(32(53)35(50(52)3)12-6-7-13-35)33(54)48-25-10-9-23(36(40,41)42)18-24(25)26-19-28(37(43,44)45)47-21-46-26/h8-11,18-19,21,53H,5-7,12-17,20H2,1-4H3,(H,48,54). The molecule has 3 aromatic rings. The number of carbonyl (C=O) groups is 2. The average molecular weight is 800 g/mol. The number of hydrogen-bond donors (Lipinski definition) is 2. The van der Waals surface area contributed by atoms with Crippen molar-refractivity contribution in [2.75, 3.05) is 64.2 Å². The number of halogens is 8. The molecule has 0 bridgehead atoms. The summed E-state index contributed by atoms with van der Waals surface area (Å²) in [6, 6.07) is 4.93. The second-order valence-corrected chi connectivity index (χ2v) is 13.6. The van der Waals surface area contributed by atoms with Crippen molar-refractivity contribution < 1.29 is 54.6 Å². The number of rotatable bonds is 13. The maximum atomic E-state index is 15.9. The van der Waals surface area contributed by atoms with E-state index < -0.39 is 87.4 Å². The van der Waals surface area contributed by atoms with Gasteiger partial charge in [0, 0.05) is 51.5 Å². The van der Waals surface area contributed by atoms with Crippen molar-refractivity contribution in [2.45, 2.75) is 57.0 Å². The van der Waals surface area contributed by atoms with E-state index in [1.165, 1.54) is 24.2 Å². The van der Waals surface area contributed by atoms with Gasteiger partial charge in [-0.2, -0.15) is 26.3 Å². The van der Waals surface area contributed by atoms with Crippen molar-refractivity contribution in [1.82, 2.24) is 24.9 Å². The van der Waals surface area contributed by atoms with E-state index >= 15 is 8.78 Å². The van der Waals surface area contributed by atoms with Crippen molar-refractivity contribution >= 4 is 23.2 Å². The summed E-state index contributed by atoms with van der Waals surface area (Å²) in [6.45, 7) is 3.57. The summed E-state index contributed by atoms with van der Waals surface area (Å²) in [6.07, 6.45) is -7.86. The first-order valence-corrected chi connectivity index (χ1v) is 17.6. The Kier molecular flexibility index (Phi) is 12.6. The lowest BCUT2D eigenvalue weighted by Gasteiger charge is -2.48. The van der Waals surface area contributed by atoms with E-state index in [1.54, 1.807) is 18.9 Å². The molecule has 2 amide bonds. The number of aliphatic hydroxyl groups is 1. The van der Waals surface area contributed by atoms with Gasteiger partial charge < -0.3 is 25.0 Å². The van der Waals surface area contributed by atoms with Gasteiger partial charge in [-0.25, -0.2) is 23.8 Å². The number of hydrogen-bond acceptors (Lipinski definition) is 9. The van der Waals surface area contributed by atoms with Crippen LogP contribution in [0.1, 0.15) is 49.4 Å². The van der Waals surface area contributed by atoms with Gasteiger partial charge in [0.2, 0.25) is 0 Å². The highest BCUT2D eigenvalue weighted by atomic mass is 19.4. The van der Waals surface area contributed by atoms with Gasteiger partial charge in [-0.05, 0) is 57.1 Å². The number of methoxy groups -OCH3 is 1. The normalized spacial score (nSPS) is 16.4. The van der Waals surface area contributed by atoms with Gasteiger partial charge in [0.25, 0.3) is 11.8 Å². The molecule has 0 atom stereocenters. The SMILES string of the molecule is CCN(CCN(C)CCOC)c1ccc(CN2C(=O)C(C(=O)Nc3ccc(C(F)(F)F)cc3-c3cc(C(F)(F)F)ncn3)=C(O)C3(CCCC3)N2C)c(F)c1F. The fourth-order valence-electron chi connectivity index (χ4n) is 6.98. The summed E-state index contributed by atoms with van der Waals surface area (Å²) >= 11 is 0. The highest BCUT2D eigenvalue weighted by Crippen LogP contribution is 2.45. The van der Waals surface area contributed by atoms with Crippen molar-refractivity contribution in [3.05, 3.63) is 82.5 Å². The quantitative estimate of drug-likeness (QED) is 0.142. The van der Waals surface area contributed by atoms with Crippen LogP contribution >= 0.6 is 0 Å². The Morgan fingerprint density at radius 2 is 1.68 bits per heavy atom. The number of carbonyl (C=O) groups excluding carboxylic acids is 2. The third kappa shape index (κ3) is 8.58. The maximum Gasteiger partial charge on any atom is 0.433 e. The summed E-state index contributed by atoms with van der Waals surface area (Å²) in [7, 11) is 4.90. The van der Waals surface area contributed by atoms with E-state index in [4.69, 9.17) is 4.74 Å². The minimum absolute atomic E-state index is 0.00419. The van der Waals surface area contributed by atoms with Crippen LogP contribution in [-0.2, 0) is 33.2 Å². The summed E-state index contributed by atoms with van der Waals surface area (Å²) in [5.41, 5.74) is -6.86. The molecule has 1 aliphatic heterocycles. The predicted octanol–water partition coefficient (Wildman–Crippen LogP) is 6.82. The lowest BCUT2D eigenvalue weighted by molar-refractivity contribution is -0.163. The Balaban J connectivity index is 1.49. The molecule has 0 radical (unpaired) electrons. The number of nitrogens with one attached hydrogen (secondary N) is 1. The first kappa shape index (κ1) is 42.3. The van der Waals surface area contributed by atoms with Crippen LogP contribution in [0.2, 0.25) is 0 Å². The van der Waals surface area contributed by atoms with Crippen LogP contribution in [0.5, 0.6) is 0 Å². The van der Waals surface area contributed by atoms with Crippen molar-refractivity contribution in [3.63, 3.8) is 0 Å². The number of ether oxygens (including phenoxy) is 1. The van der Waals surface area contributed by atoms with Crippen LogP contribution < -0.4 is 10.2 Å². The third-order valence-corrected chi connectivity index (χ3v) is 10.2. The van der Waals surface area contributed by atoms with Gasteiger partial charge in [-0.1, -0.05) is 18.9 Å². The molecule has 1 saturated carbocycles. The summed E-state index contributed by atoms with van der Waals surface area (Å²) in [4.78, 5) is 38.6. The molecule has 304 valence electrons. The van der Waals surface area contributed by atoms with Gasteiger partial charge in [0.05, 0.1) is 41.3 Å². The second kappa shape index (κ2) is 16.7. The molecule has 2 aromatic carbocycles. The Morgan fingerprint density at radius 1 is 0.982 bits per heavy atom. The van der Waals surface area contributed by atoms with Crippen LogP contribution in [0.15, 0.2) is 54.1 Å². The molecule has 1 aromatic heterocycles. The molecule has 1 spiro atoms. The van der Waals surface area contributed by atoms with Gasteiger partial charge in [0.15, 0.2) is 11.6 Å². The fourth-order valence-corrected chi connectivity index (χ4v) is 6.98. The highest BCUT2D eigenvalue weighted by Gasteiger charge is 2.53. The minimum Gasteiger partial charge on any atom is -0.509 e. The van der Waals surface area contributed by atoms with Gasteiger partial charge in [-0.15, -0.1) is 0 Å². The smallest absolute Gasteiger partial charge is 0.433 e. The molecule has 1 aliphatic carbocycles. The number of hydrazine groups is 1. The summed E-state index contributed by atoms with van der Waals surface area (Å²) < 4.78 is 118. The van der Waals surface area contributed by atoms with Gasteiger partial charge >= 0.3 is 12.4 Å². The first-order chi connectivity index (χ1) is 26.3. The Morgan fingerprint density at radius 3 is 2.30 bits per heavy atom. The lowest BCUT2D eigenvalue weighted by Crippen LogP contribution is -2.62. The molecule has 2 N–H and O–H groups in total. The van der Waals surface area contributed by atoms with Crippen molar-refractivity contribution in [1.29, 1.82) is 0 Å². The van der Waals surface area contributed by atoms with E-state index in [9.17, 15) is 41.0 Å². The van der Waals surface area contributed by atoms with E-state index in [2.05, 4.69) is 15.3 Å². The monoisotopic (exact) mass is 799 g/mol. The molecule has 11 nitrogen and oxygen atoms in total. The highest BCUT2D eigenvalue weighted by molar-refractivity contribution is 6.24. The van der Waals surface area contributed by atoms with Gasteiger partial charge in [0.1, 0.15) is 23.4 Å². The molecule has 2 aliphatic rings. The zero-order valence-corrected chi connectivity index (χ0v) is 31.0. The van der Waals surface area contributed by atoms with Crippen LogP contribution in [0.25, 0.3) is 11.3 Å². The second-order valence-electron chi connectivity index (χ2n) is 13.6. The fraction of sp³-hybridized carbons (Fsp3) is 0.459. The van der Waals surface area contributed by atoms with E-state index in [1.807, 2.05) is 11.9 Å². The van der Waals surface area contributed by atoms with Crippen LogP contribution in [0.4, 0.5) is 46.5 Å². The number of anilines is 2.